The van der Waals surface area contributed by atoms with Crippen LogP contribution in [-0.2, 0) is 16.6 Å². The zero-order valence-electron chi connectivity index (χ0n) is 14.4. The van der Waals surface area contributed by atoms with Crippen LogP contribution in [0.25, 0.3) is 10.9 Å². The van der Waals surface area contributed by atoms with Crippen molar-refractivity contribution in [3.63, 3.8) is 0 Å². The maximum absolute atomic E-state index is 12.5. The number of sulfonamides is 1. The van der Waals surface area contributed by atoms with Crippen LogP contribution in [0.3, 0.4) is 0 Å². The number of nitrogens with zero attached hydrogens (tertiary/aromatic N) is 1. The van der Waals surface area contributed by atoms with Gasteiger partial charge in [-0.2, -0.15) is 0 Å². The summed E-state index contributed by atoms with van der Waals surface area (Å²) in [5, 5.41) is 1.19. The summed E-state index contributed by atoms with van der Waals surface area (Å²) in [4.78, 5) is 0.291. The fourth-order valence-corrected chi connectivity index (χ4v) is 4.22. The molecule has 0 saturated carbocycles. The number of nitrogens with one attached hydrogen (secondary N) is 1. The lowest BCUT2D eigenvalue weighted by Crippen LogP contribution is -2.26. The van der Waals surface area contributed by atoms with E-state index in [0.717, 1.165) is 12.1 Å². The second-order valence-corrected chi connectivity index (χ2v) is 7.69. The van der Waals surface area contributed by atoms with Gasteiger partial charge in [0.1, 0.15) is 5.75 Å². The van der Waals surface area contributed by atoms with Crippen molar-refractivity contribution in [3.05, 3.63) is 60.3 Å². The Morgan fingerprint density at radius 3 is 2.68 bits per heavy atom. The molecule has 0 bridgehead atoms. The fourth-order valence-electron chi connectivity index (χ4n) is 2.92. The molecule has 5 nitrogen and oxygen atoms in total. The van der Waals surface area contributed by atoms with E-state index in [9.17, 15) is 8.42 Å². The molecule has 0 aliphatic heterocycles. The predicted octanol–water partition coefficient (Wildman–Crippen LogP) is 3.33. The molecule has 0 aliphatic carbocycles. The molecule has 1 aromatic heterocycles. The first-order valence-electron chi connectivity index (χ1n) is 8.19. The minimum absolute atomic E-state index is 0.291. The zero-order chi connectivity index (χ0) is 17.9. The van der Waals surface area contributed by atoms with E-state index < -0.39 is 10.0 Å². The maximum Gasteiger partial charge on any atom is 0.240 e. The second kappa shape index (κ2) is 7.29. The average Bonchev–Trinajstić information content (AvgIpc) is 3.01. The number of para-hydroxylation sites is 1. The summed E-state index contributed by atoms with van der Waals surface area (Å²) in [7, 11) is -1.95. The molecule has 0 amide bonds. The lowest BCUT2D eigenvalue weighted by Gasteiger charge is -2.11. The first-order chi connectivity index (χ1) is 12.0. The molecule has 0 aliphatic rings. The summed E-state index contributed by atoms with van der Waals surface area (Å²) in [6.07, 6.45) is 2.75. The Balaban J connectivity index is 1.61. The summed E-state index contributed by atoms with van der Waals surface area (Å²) in [6.45, 7) is 2.92. The first kappa shape index (κ1) is 17.5. The van der Waals surface area contributed by atoms with E-state index in [1.807, 2.05) is 18.3 Å². The van der Waals surface area contributed by atoms with Gasteiger partial charge in [0.15, 0.2) is 0 Å². The Bertz CT molecular complexity index is 977. The lowest BCUT2D eigenvalue weighted by molar-refractivity contribution is 0.414. The van der Waals surface area contributed by atoms with E-state index >= 15 is 0 Å². The highest BCUT2D eigenvalue weighted by atomic mass is 32.2. The molecule has 2 aromatic carbocycles. The van der Waals surface area contributed by atoms with Crippen molar-refractivity contribution in [2.45, 2.75) is 24.8 Å². The van der Waals surface area contributed by atoms with Gasteiger partial charge in [0.2, 0.25) is 10.0 Å². The molecule has 1 N–H and O–H groups in total. The topological polar surface area (TPSA) is 60.3 Å². The number of aromatic nitrogens is 1. The van der Waals surface area contributed by atoms with Crippen LogP contribution in [0.5, 0.6) is 5.75 Å². The molecule has 132 valence electrons. The third kappa shape index (κ3) is 3.86. The van der Waals surface area contributed by atoms with Gasteiger partial charge in [-0.3, -0.25) is 0 Å². The van der Waals surface area contributed by atoms with E-state index in [0.29, 0.717) is 29.2 Å². The van der Waals surface area contributed by atoms with Gasteiger partial charge in [-0.15, -0.1) is 0 Å². The van der Waals surface area contributed by atoms with E-state index in [2.05, 4.69) is 27.5 Å². The summed E-state index contributed by atoms with van der Waals surface area (Å²) in [5.74, 6) is 0.649. The van der Waals surface area contributed by atoms with Gasteiger partial charge in [-0.05, 0) is 54.6 Å². The maximum atomic E-state index is 12.5. The summed E-state index contributed by atoms with van der Waals surface area (Å²) >= 11 is 0. The predicted molar refractivity (Wildman–Crippen MR) is 99.5 cm³/mol. The standard InChI is InChI=1S/C19H22N2O3S/c1-15-14-17(24-2)8-9-19(15)25(22,23)20-11-5-12-21-13-10-16-6-3-4-7-18(16)21/h3-4,6-10,13-14,20H,5,11-12H2,1-2H3. The minimum atomic E-state index is -3.51. The normalized spacial score (nSPS) is 11.8. The quantitative estimate of drug-likeness (QED) is 0.659. The number of benzene rings is 2. The van der Waals surface area contributed by atoms with Crippen molar-refractivity contribution in [1.29, 1.82) is 0 Å². The van der Waals surface area contributed by atoms with Crippen molar-refractivity contribution in [2.75, 3.05) is 13.7 Å². The van der Waals surface area contributed by atoms with Crippen LogP contribution in [0, 0.1) is 6.92 Å². The number of hydrogen-bond acceptors (Lipinski definition) is 3. The van der Waals surface area contributed by atoms with Crippen molar-refractivity contribution in [2.24, 2.45) is 0 Å². The molecular weight excluding hydrogens is 336 g/mol. The molecular formula is C19H22N2O3S. The van der Waals surface area contributed by atoms with Crippen LogP contribution in [0.15, 0.2) is 59.6 Å². The second-order valence-electron chi connectivity index (χ2n) is 5.95. The van der Waals surface area contributed by atoms with Gasteiger partial charge in [-0.1, -0.05) is 18.2 Å². The Morgan fingerprint density at radius 2 is 1.92 bits per heavy atom. The van der Waals surface area contributed by atoms with Crippen LogP contribution in [0.4, 0.5) is 0 Å². The summed E-state index contributed by atoms with van der Waals surface area (Å²) in [6, 6.07) is 15.2. The third-order valence-corrected chi connectivity index (χ3v) is 5.84. The van der Waals surface area contributed by atoms with Crippen molar-refractivity contribution in [3.8, 4) is 5.75 Å². The Labute approximate surface area is 148 Å². The van der Waals surface area contributed by atoms with E-state index in [4.69, 9.17) is 4.74 Å². The summed E-state index contributed by atoms with van der Waals surface area (Å²) in [5.41, 5.74) is 1.83. The number of aryl methyl sites for hydroxylation is 2. The van der Waals surface area contributed by atoms with Crippen LogP contribution in [-0.4, -0.2) is 26.6 Å². The highest BCUT2D eigenvalue weighted by Crippen LogP contribution is 2.21. The molecule has 6 heteroatoms. The van der Waals surface area contributed by atoms with E-state index in [1.165, 1.54) is 5.39 Å². The van der Waals surface area contributed by atoms with Crippen LogP contribution < -0.4 is 9.46 Å². The molecule has 1 heterocycles. The Hall–Kier alpha value is -2.31. The smallest absolute Gasteiger partial charge is 0.240 e. The number of methoxy groups -OCH3 is 1. The molecule has 25 heavy (non-hydrogen) atoms. The molecule has 0 unspecified atom stereocenters. The number of fused-ring (bicyclic) bond motifs is 1. The van der Waals surface area contributed by atoms with Gasteiger partial charge in [0.05, 0.1) is 12.0 Å². The largest absolute Gasteiger partial charge is 0.497 e. The molecule has 3 rings (SSSR count). The fraction of sp³-hybridized carbons (Fsp3) is 0.263. The molecule has 0 fully saturated rings. The SMILES string of the molecule is COc1ccc(S(=O)(=O)NCCCn2ccc3ccccc32)c(C)c1. The molecule has 0 atom stereocenters. The van der Waals surface area contributed by atoms with Gasteiger partial charge in [0.25, 0.3) is 0 Å². The third-order valence-electron chi connectivity index (χ3n) is 4.22. The van der Waals surface area contributed by atoms with Crippen LogP contribution in [0.1, 0.15) is 12.0 Å². The molecule has 3 aromatic rings. The number of hydrogen-bond donors (Lipinski definition) is 1. The van der Waals surface area contributed by atoms with Crippen molar-refractivity contribution in [1.82, 2.24) is 9.29 Å². The van der Waals surface area contributed by atoms with Crippen LogP contribution >= 0.6 is 0 Å². The Morgan fingerprint density at radius 1 is 1.12 bits per heavy atom. The molecule has 0 spiro atoms. The lowest BCUT2D eigenvalue weighted by atomic mass is 10.2. The molecule has 0 saturated heterocycles. The summed E-state index contributed by atoms with van der Waals surface area (Å²) < 4.78 is 34.9. The van der Waals surface area contributed by atoms with E-state index in [-0.39, 0.29) is 0 Å². The highest BCUT2D eigenvalue weighted by Gasteiger charge is 2.16. The van der Waals surface area contributed by atoms with Gasteiger partial charge in [-0.25, -0.2) is 13.1 Å². The monoisotopic (exact) mass is 358 g/mol. The molecule has 0 radical (unpaired) electrons. The van der Waals surface area contributed by atoms with E-state index in [1.54, 1.807) is 32.2 Å². The zero-order valence-corrected chi connectivity index (χ0v) is 15.2. The van der Waals surface area contributed by atoms with Gasteiger partial charge in [0, 0.05) is 24.8 Å². The van der Waals surface area contributed by atoms with Gasteiger partial charge < -0.3 is 9.30 Å². The van der Waals surface area contributed by atoms with Gasteiger partial charge >= 0.3 is 0 Å². The number of rotatable bonds is 7. The average molecular weight is 358 g/mol. The van der Waals surface area contributed by atoms with Crippen LogP contribution in [0.2, 0.25) is 0 Å². The number of ether oxygens (including phenoxy) is 1. The highest BCUT2D eigenvalue weighted by molar-refractivity contribution is 7.89. The Kier molecular flexibility index (Phi) is 5.11. The first-order valence-corrected chi connectivity index (χ1v) is 9.68. The van der Waals surface area contributed by atoms with Crippen molar-refractivity contribution >= 4 is 20.9 Å². The van der Waals surface area contributed by atoms with Crippen molar-refractivity contribution < 1.29 is 13.2 Å². The minimum Gasteiger partial charge on any atom is -0.497 e.